The Bertz CT molecular complexity index is 3700. The minimum atomic E-state index is 0.699. The summed E-state index contributed by atoms with van der Waals surface area (Å²) in [4.78, 5) is 9.21. The zero-order chi connectivity index (χ0) is 37.2. The number of imidazole rings is 1. The van der Waals surface area contributed by atoms with Gasteiger partial charge in [-0.15, -0.1) is 0 Å². The quantitative estimate of drug-likeness (QED) is 0.134. The first-order valence-corrected chi connectivity index (χ1v) is 19.6. The van der Waals surface area contributed by atoms with Gasteiger partial charge in [-0.3, -0.25) is 4.40 Å². The van der Waals surface area contributed by atoms with Crippen LogP contribution in [0, 0.1) is 0 Å². The average molecular weight is 722 g/mol. The lowest BCUT2D eigenvalue weighted by atomic mass is 9.83. The molecule has 0 bridgehead atoms. The summed E-state index contributed by atoms with van der Waals surface area (Å²) in [6.45, 7) is 0. The van der Waals surface area contributed by atoms with Crippen LogP contribution in [-0.4, -0.2) is 14.4 Å². The van der Waals surface area contributed by atoms with E-state index in [4.69, 9.17) is 4.98 Å². The molecule has 0 N–H and O–H groups in total. The fourth-order valence-corrected chi connectivity index (χ4v) is 9.96. The number of nitrogens with zero attached hydrogens (tertiary/aromatic N) is 3. The Balaban J connectivity index is 1.13. The lowest BCUT2D eigenvalue weighted by molar-refractivity contribution is 1.11. The van der Waals surface area contributed by atoms with Gasteiger partial charge in [0.25, 0.3) is 0 Å². The van der Waals surface area contributed by atoms with Crippen molar-refractivity contribution < 1.29 is 0 Å². The van der Waals surface area contributed by atoms with E-state index >= 15 is 0 Å². The minimum Gasteiger partial charge on any atom is -0.291 e. The number of rotatable bonds is 3. The lowest BCUT2D eigenvalue weighted by Gasteiger charge is -2.20. The van der Waals surface area contributed by atoms with Gasteiger partial charge in [0, 0.05) is 24.2 Å². The van der Waals surface area contributed by atoms with Crippen LogP contribution in [0.5, 0.6) is 0 Å². The third-order valence-electron chi connectivity index (χ3n) is 12.3. The fraction of sp³-hybridized carbons (Fsp3) is 0. The molecule has 0 atom stereocenters. The molecule has 0 aliphatic heterocycles. The third-order valence-corrected chi connectivity index (χ3v) is 12.3. The highest BCUT2D eigenvalue weighted by molar-refractivity contribution is 6.37. The van der Waals surface area contributed by atoms with Crippen molar-refractivity contribution in [1.29, 1.82) is 0 Å². The molecule has 3 heteroatoms. The first kappa shape index (κ1) is 30.7. The number of hydrogen-bond acceptors (Lipinski definition) is 2. The maximum Gasteiger partial charge on any atom is 0.234 e. The van der Waals surface area contributed by atoms with E-state index in [-0.39, 0.29) is 0 Å². The Labute approximate surface area is 327 Å². The highest BCUT2D eigenvalue weighted by Crippen LogP contribution is 2.48. The Hall–Kier alpha value is -7.62. The lowest BCUT2D eigenvalue weighted by Crippen LogP contribution is -1.92. The Morgan fingerprint density at radius 1 is 0.351 bits per heavy atom. The highest BCUT2D eigenvalue weighted by atomic mass is 15.1. The smallest absolute Gasteiger partial charge is 0.234 e. The van der Waals surface area contributed by atoms with Gasteiger partial charge < -0.3 is 0 Å². The molecule has 262 valence electrons. The summed E-state index contributed by atoms with van der Waals surface area (Å²) >= 11 is 0. The average Bonchev–Trinajstić information content (AvgIpc) is 3.71. The summed E-state index contributed by atoms with van der Waals surface area (Å²) in [7, 11) is 0. The van der Waals surface area contributed by atoms with Crippen molar-refractivity contribution in [3.8, 4) is 33.5 Å². The summed E-state index contributed by atoms with van der Waals surface area (Å²) in [5.41, 5.74) is 6.88. The molecule has 0 amide bonds. The molecule has 0 saturated heterocycles. The standard InChI is InChI=1S/C54H31N3/c1-3-14-41-39(12-1)48(36-21-19-32(20-22-36)47-31-57-28-8-27-55-54(57)56-47)40-13-2-4-15-42(40)49(41)38-29-37-26-25-35-10-6-17-44-43-16-5-9-33-23-24-34-11-7-18-45(52(34)50(33)43)46(30-38)53(37)51(35)44/h1-31H. The molecule has 2 aromatic heterocycles. The second-order valence-corrected chi connectivity index (χ2v) is 15.3. The topological polar surface area (TPSA) is 30.2 Å². The predicted molar refractivity (Wildman–Crippen MR) is 241 cm³/mol. The molecule has 11 aromatic carbocycles. The Kier molecular flexibility index (Phi) is 6.16. The van der Waals surface area contributed by atoms with Crippen molar-refractivity contribution in [3.05, 3.63) is 188 Å². The summed E-state index contributed by atoms with van der Waals surface area (Å²) in [5.74, 6) is 0.699. The maximum atomic E-state index is 4.78. The largest absolute Gasteiger partial charge is 0.291 e. The van der Waals surface area contributed by atoms with E-state index < -0.39 is 0 Å². The monoisotopic (exact) mass is 721 g/mol. The minimum absolute atomic E-state index is 0.699. The molecule has 3 nitrogen and oxygen atoms in total. The zero-order valence-corrected chi connectivity index (χ0v) is 30.7. The number of benzene rings is 10. The summed E-state index contributed by atoms with van der Waals surface area (Å²) in [6.07, 6.45) is 5.81. The molecule has 0 saturated carbocycles. The molecule has 0 fully saturated rings. The molecule has 13 rings (SSSR count). The number of fused-ring (bicyclic) bond motifs is 5. The summed E-state index contributed by atoms with van der Waals surface area (Å²) in [6, 6.07) is 63.3. The van der Waals surface area contributed by atoms with Gasteiger partial charge in [0.15, 0.2) is 0 Å². The van der Waals surface area contributed by atoms with Crippen LogP contribution in [0.25, 0.3) is 125 Å². The molecule has 0 spiro atoms. The van der Waals surface area contributed by atoms with Crippen LogP contribution in [0.1, 0.15) is 0 Å². The van der Waals surface area contributed by atoms with Crippen molar-refractivity contribution in [1.82, 2.24) is 14.4 Å². The molecule has 0 aliphatic carbocycles. The molecule has 0 aliphatic rings. The van der Waals surface area contributed by atoms with Crippen LogP contribution >= 0.6 is 0 Å². The molecular formula is C54H31N3. The van der Waals surface area contributed by atoms with E-state index in [0.717, 1.165) is 11.3 Å². The van der Waals surface area contributed by atoms with Crippen LogP contribution in [0.4, 0.5) is 0 Å². The molecule has 57 heavy (non-hydrogen) atoms. The van der Waals surface area contributed by atoms with Crippen LogP contribution in [-0.2, 0) is 0 Å². The van der Waals surface area contributed by atoms with Gasteiger partial charge >= 0.3 is 0 Å². The van der Waals surface area contributed by atoms with Gasteiger partial charge in [-0.25, -0.2) is 9.97 Å². The summed E-state index contributed by atoms with van der Waals surface area (Å²) < 4.78 is 1.97. The van der Waals surface area contributed by atoms with Crippen LogP contribution in [0.3, 0.4) is 0 Å². The fourth-order valence-electron chi connectivity index (χ4n) is 9.96. The van der Waals surface area contributed by atoms with Crippen molar-refractivity contribution in [2.45, 2.75) is 0 Å². The second kappa shape index (κ2) is 11.5. The normalized spacial score (nSPS) is 12.2. The van der Waals surface area contributed by atoms with Crippen molar-refractivity contribution in [2.24, 2.45) is 0 Å². The van der Waals surface area contributed by atoms with Crippen molar-refractivity contribution >= 4 is 92.0 Å². The second-order valence-electron chi connectivity index (χ2n) is 15.3. The maximum absolute atomic E-state index is 4.78. The highest BCUT2D eigenvalue weighted by Gasteiger charge is 2.20. The molecule has 13 aromatic rings. The summed E-state index contributed by atoms with van der Waals surface area (Å²) in [5, 5.41) is 20.5. The SMILES string of the molecule is c1ccc2c(-c3cc4ccc5cccc6c7cccc8ccc9cccc(c(c3)c4c56)c9c87)c3ccccc3c(-c3ccc(-c4cn5cccnc5n4)cc3)c2c1. The van der Waals surface area contributed by atoms with Gasteiger partial charge in [0.1, 0.15) is 0 Å². The van der Waals surface area contributed by atoms with Gasteiger partial charge in [0.05, 0.1) is 5.69 Å². The van der Waals surface area contributed by atoms with Crippen molar-refractivity contribution in [3.63, 3.8) is 0 Å². The zero-order valence-electron chi connectivity index (χ0n) is 30.7. The molecule has 0 unspecified atom stereocenters. The van der Waals surface area contributed by atoms with E-state index in [1.54, 1.807) is 6.20 Å². The van der Waals surface area contributed by atoms with Gasteiger partial charge in [-0.2, -0.15) is 0 Å². The van der Waals surface area contributed by atoms with Crippen LogP contribution in [0.15, 0.2) is 188 Å². The predicted octanol–water partition coefficient (Wildman–Crippen LogP) is 14.4. The Morgan fingerprint density at radius 3 is 1.39 bits per heavy atom. The molecular weight excluding hydrogens is 691 g/mol. The third kappa shape index (κ3) is 4.31. The Morgan fingerprint density at radius 2 is 0.825 bits per heavy atom. The van der Waals surface area contributed by atoms with Crippen molar-refractivity contribution in [2.75, 3.05) is 0 Å². The molecule has 2 heterocycles. The van der Waals surface area contributed by atoms with E-state index in [1.807, 2.05) is 22.9 Å². The number of aromatic nitrogens is 3. The molecule has 0 radical (unpaired) electrons. The van der Waals surface area contributed by atoms with Gasteiger partial charge in [-0.05, 0) is 127 Å². The van der Waals surface area contributed by atoms with E-state index in [0.29, 0.717) is 5.78 Å². The van der Waals surface area contributed by atoms with Crippen LogP contribution < -0.4 is 0 Å². The van der Waals surface area contributed by atoms with E-state index in [2.05, 4.69) is 169 Å². The van der Waals surface area contributed by atoms with Gasteiger partial charge in [-0.1, -0.05) is 152 Å². The number of hydrogen-bond donors (Lipinski definition) is 0. The van der Waals surface area contributed by atoms with E-state index in [9.17, 15) is 0 Å². The van der Waals surface area contributed by atoms with Gasteiger partial charge in [0.2, 0.25) is 5.78 Å². The first-order chi connectivity index (χ1) is 28.3. The first-order valence-electron chi connectivity index (χ1n) is 19.6. The van der Waals surface area contributed by atoms with E-state index in [1.165, 1.54) is 108 Å². The van der Waals surface area contributed by atoms with Crippen LogP contribution in [0.2, 0.25) is 0 Å².